The summed E-state index contributed by atoms with van der Waals surface area (Å²) in [6.45, 7) is 2.37. The number of methoxy groups -OCH3 is 2. The summed E-state index contributed by atoms with van der Waals surface area (Å²) in [6.07, 6.45) is 2.20. The van der Waals surface area contributed by atoms with Crippen molar-refractivity contribution >= 4 is 5.97 Å². The molecule has 4 nitrogen and oxygen atoms in total. The van der Waals surface area contributed by atoms with E-state index in [4.69, 9.17) is 9.47 Å². The van der Waals surface area contributed by atoms with Crippen LogP contribution in [0.2, 0.25) is 0 Å². The van der Waals surface area contributed by atoms with Gasteiger partial charge < -0.3 is 9.47 Å². The summed E-state index contributed by atoms with van der Waals surface area (Å²) in [6, 6.07) is 8.22. The highest BCUT2D eigenvalue weighted by Crippen LogP contribution is 2.22. The van der Waals surface area contributed by atoms with Crippen molar-refractivity contribution in [3.8, 4) is 5.75 Å². The number of rotatable bonds is 5. The molecule has 1 unspecified atom stereocenters. The number of carbonyl (C=O) groups excluding carboxylic acids is 1. The molecule has 2 rings (SSSR count). The first-order chi connectivity index (χ1) is 9.21. The van der Waals surface area contributed by atoms with Crippen molar-refractivity contribution in [3.05, 3.63) is 29.8 Å². The lowest BCUT2D eigenvalue weighted by Crippen LogP contribution is -2.28. The van der Waals surface area contributed by atoms with Gasteiger partial charge in [0.2, 0.25) is 0 Å². The Labute approximate surface area is 114 Å². The lowest BCUT2D eigenvalue weighted by Gasteiger charge is -2.14. The van der Waals surface area contributed by atoms with E-state index in [1.807, 2.05) is 12.1 Å². The van der Waals surface area contributed by atoms with E-state index in [1.54, 1.807) is 7.11 Å². The largest absolute Gasteiger partial charge is 0.497 e. The fourth-order valence-corrected chi connectivity index (χ4v) is 2.57. The number of hydrogen-bond acceptors (Lipinski definition) is 4. The van der Waals surface area contributed by atoms with Crippen LogP contribution in [0.5, 0.6) is 5.75 Å². The fourth-order valence-electron chi connectivity index (χ4n) is 2.57. The van der Waals surface area contributed by atoms with Gasteiger partial charge in [-0.1, -0.05) is 12.1 Å². The zero-order valence-electron chi connectivity index (χ0n) is 11.6. The molecule has 1 aliphatic rings. The molecule has 104 valence electrons. The molecule has 0 aromatic heterocycles. The van der Waals surface area contributed by atoms with Crippen molar-refractivity contribution in [2.45, 2.75) is 12.8 Å². The Morgan fingerprint density at radius 1 is 1.32 bits per heavy atom. The molecule has 1 aromatic rings. The molecular weight excluding hydrogens is 242 g/mol. The zero-order valence-corrected chi connectivity index (χ0v) is 11.6. The second-order valence-corrected chi connectivity index (χ2v) is 5.02. The first-order valence-corrected chi connectivity index (χ1v) is 6.63. The van der Waals surface area contributed by atoms with Crippen LogP contribution < -0.4 is 4.74 Å². The number of ether oxygens (including phenoxy) is 2. The summed E-state index contributed by atoms with van der Waals surface area (Å²) in [7, 11) is 3.11. The highest BCUT2D eigenvalue weighted by molar-refractivity contribution is 5.71. The number of benzene rings is 1. The standard InChI is InChI=1S/C15H21NO3/c1-18-14-5-3-12(4-6-14)9-13-7-8-16(10-13)11-15(17)19-2/h3-6,13H,7-11H2,1-2H3. The maximum atomic E-state index is 11.2. The molecule has 0 spiro atoms. The molecular formula is C15H21NO3. The van der Waals surface area contributed by atoms with Crippen molar-refractivity contribution < 1.29 is 14.3 Å². The van der Waals surface area contributed by atoms with Crippen LogP contribution in [0.4, 0.5) is 0 Å². The number of carbonyl (C=O) groups is 1. The summed E-state index contributed by atoms with van der Waals surface area (Å²) in [5.74, 6) is 1.37. The third kappa shape index (κ3) is 3.96. The van der Waals surface area contributed by atoms with Gasteiger partial charge in [0.15, 0.2) is 0 Å². The molecule has 1 atom stereocenters. The molecule has 1 aromatic carbocycles. The molecule has 1 fully saturated rings. The third-order valence-electron chi connectivity index (χ3n) is 3.63. The van der Waals surface area contributed by atoms with E-state index >= 15 is 0 Å². The maximum Gasteiger partial charge on any atom is 0.319 e. The van der Waals surface area contributed by atoms with E-state index < -0.39 is 0 Å². The summed E-state index contributed by atoms with van der Waals surface area (Å²) < 4.78 is 9.85. The number of esters is 1. The molecule has 19 heavy (non-hydrogen) atoms. The Morgan fingerprint density at radius 2 is 2.05 bits per heavy atom. The van der Waals surface area contributed by atoms with Crippen LogP contribution in [0, 0.1) is 5.92 Å². The first kappa shape index (κ1) is 13.9. The molecule has 1 saturated heterocycles. The molecule has 1 aliphatic heterocycles. The molecule has 0 aliphatic carbocycles. The summed E-state index contributed by atoms with van der Waals surface area (Å²) in [5.41, 5.74) is 1.32. The topological polar surface area (TPSA) is 38.8 Å². The first-order valence-electron chi connectivity index (χ1n) is 6.63. The van der Waals surface area contributed by atoms with Crippen LogP contribution in [-0.2, 0) is 16.0 Å². The lowest BCUT2D eigenvalue weighted by atomic mass is 9.99. The molecule has 1 heterocycles. The lowest BCUT2D eigenvalue weighted by molar-refractivity contribution is -0.141. The molecule has 0 bridgehead atoms. The number of hydrogen-bond donors (Lipinski definition) is 0. The van der Waals surface area contributed by atoms with E-state index in [-0.39, 0.29) is 5.97 Å². The Kier molecular flexibility index (Phi) is 4.80. The van der Waals surface area contributed by atoms with Gasteiger partial charge in [-0.25, -0.2) is 0 Å². The average Bonchev–Trinajstić information content (AvgIpc) is 2.86. The van der Waals surface area contributed by atoms with Gasteiger partial charge in [0.1, 0.15) is 5.75 Å². The predicted molar refractivity (Wildman–Crippen MR) is 73.3 cm³/mol. The summed E-state index contributed by atoms with van der Waals surface area (Å²) in [5, 5.41) is 0. The van der Waals surface area contributed by atoms with Crippen LogP contribution in [0.15, 0.2) is 24.3 Å². The van der Waals surface area contributed by atoms with E-state index in [1.165, 1.54) is 12.7 Å². The van der Waals surface area contributed by atoms with E-state index in [2.05, 4.69) is 17.0 Å². The third-order valence-corrected chi connectivity index (χ3v) is 3.63. The quantitative estimate of drug-likeness (QED) is 0.758. The molecule has 0 amide bonds. The van der Waals surface area contributed by atoms with Gasteiger partial charge in [-0.2, -0.15) is 0 Å². The number of nitrogens with zero attached hydrogens (tertiary/aromatic N) is 1. The molecule has 0 saturated carbocycles. The van der Waals surface area contributed by atoms with Gasteiger partial charge in [0.05, 0.1) is 20.8 Å². The van der Waals surface area contributed by atoms with Crippen molar-refractivity contribution in [2.75, 3.05) is 33.9 Å². The van der Waals surface area contributed by atoms with Crippen LogP contribution >= 0.6 is 0 Å². The van der Waals surface area contributed by atoms with Gasteiger partial charge >= 0.3 is 5.97 Å². The second kappa shape index (κ2) is 6.57. The normalized spacial score (nSPS) is 19.4. The Morgan fingerprint density at radius 3 is 2.68 bits per heavy atom. The van der Waals surface area contributed by atoms with E-state index in [0.717, 1.165) is 31.7 Å². The van der Waals surface area contributed by atoms with Crippen LogP contribution in [0.3, 0.4) is 0 Å². The highest BCUT2D eigenvalue weighted by atomic mass is 16.5. The SMILES string of the molecule is COC(=O)CN1CCC(Cc2ccc(OC)cc2)C1. The Balaban J connectivity index is 1.82. The fraction of sp³-hybridized carbons (Fsp3) is 0.533. The number of likely N-dealkylation sites (tertiary alicyclic amines) is 1. The van der Waals surface area contributed by atoms with E-state index in [9.17, 15) is 4.79 Å². The minimum atomic E-state index is -0.148. The predicted octanol–water partition coefficient (Wildman–Crippen LogP) is 1.73. The Bertz CT molecular complexity index is 416. The average molecular weight is 263 g/mol. The van der Waals surface area contributed by atoms with Gasteiger partial charge in [0.25, 0.3) is 0 Å². The van der Waals surface area contributed by atoms with Crippen molar-refractivity contribution in [3.63, 3.8) is 0 Å². The summed E-state index contributed by atoms with van der Waals surface area (Å²) >= 11 is 0. The second-order valence-electron chi connectivity index (χ2n) is 5.02. The van der Waals surface area contributed by atoms with Gasteiger partial charge in [0, 0.05) is 6.54 Å². The van der Waals surface area contributed by atoms with Crippen LogP contribution in [-0.4, -0.2) is 44.7 Å². The highest BCUT2D eigenvalue weighted by Gasteiger charge is 2.24. The smallest absolute Gasteiger partial charge is 0.319 e. The van der Waals surface area contributed by atoms with Crippen LogP contribution in [0.25, 0.3) is 0 Å². The van der Waals surface area contributed by atoms with Gasteiger partial charge in [-0.3, -0.25) is 9.69 Å². The zero-order chi connectivity index (χ0) is 13.7. The van der Waals surface area contributed by atoms with Crippen molar-refractivity contribution in [1.82, 2.24) is 4.90 Å². The van der Waals surface area contributed by atoms with Gasteiger partial charge in [-0.15, -0.1) is 0 Å². The maximum absolute atomic E-state index is 11.2. The van der Waals surface area contributed by atoms with E-state index in [0.29, 0.717) is 12.5 Å². The molecule has 0 N–H and O–H groups in total. The summed E-state index contributed by atoms with van der Waals surface area (Å²) in [4.78, 5) is 13.4. The monoisotopic (exact) mass is 263 g/mol. The van der Waals surface area contributed by atoms with Crippen molar-refractivity contribution in [2.24, 2.45) is 5.92 Å². The molecule has 4 heteroatoms. The Hall–Kier alpha value is -1.55. The van der Waals surface area contributed by atoms with Crippen LogP contribution in [0.1, 0.15) is 12.0 Å². The van der Waals surface area contributed by atoms with Crippen molar-refractivity contribution in [1.29, 1.82) is 0 Å². The minimum absolute atomic E-state index is 0.148. The molecule has 0 radical (unpaired) electrons. The van der Waals surface area contributed by atoms with Gasteiger partial charge in [-0.05, 0) is 43.0 Å². The minimum Gasteiger partial charge on any atom is -0.497 e.